The van der Waals surface area contributed by atoms with E-state index in [2.05, 4.69) is 5.32 Å². The van der Waals surface area contributed by atoms with E-state index < -0.39 is 0 Å². The smallest absolute Gasteiger partial charge is 0.253 e. The number of nitrogens with two attached hydrogens (primary N) is 1. The van der Waals surface area contributed by atoms with E-state index in [0.29, 0.717) is 54.4 Å². The van der Waals surface area contributed by atoms with Gasteiger partial charge in [-0.05, 0) is 72.5 Å². The van der Waals surface area contributed by atoms with Crippen LogP contribution in [0.15, 0.2) is 72.9 Å². The quantitative estimate of drug-likeness (QED) is 0.370. The summed E-state index contributed by atoms with van der Waals surface area (Å²) in [5.41, 5.74) is 8.29. The number of nitrogens with one attached hydrogen (secondary N) is 1. The van der Waals surface area contributed by atoms with Crippen LogP contribution in [0.5, 0.6) is 11.5 Å². The summed E-state index contributed by atoms with van der Waals surface area (Å²) in [6.45, 7) is 2.21. The van der Waals surface area contributed by atoms with Crippen LogP contribution < -0.4 is 20.5 Å². The van der Waals surface area contributed by atoms with Gasteiger partial charge in [0.2, 0.25) is 5.91 Å². The van der Waals surface area contributed by atoms with Crippen molar-refractivity contribution in [3.8, 4) is 11.5 Å². The minimum absolute atomic E-state index is 0.216. The molecule has 11 nitrogen and oxygen atoms in total. The molecule has 5 amide bonds. The molecule has 224 valence electrons. The van der Waals surface area contributed by atoms with Crippen molar-refractivity contribution in [2.24, 2.45) is 0 Å². The van der Waals surface area contributed by atoms with E-state index in [1.807, 2.05) is 0 Å². The van der Waals surface area contributed by atoms with Gasteiger partial charge >= 0.3 is 0 Å². The van der Waals surface area contributed by atoms with Crippen LogP contribution in [0.3, 0.4) is 0 Å². The number of rotatable bonds is 7. The Morgan fingerprint density at radius 3 is 1.72 bits per heavy atom. The number of hydrogen-bond donors (Lipinski definition) is 2. The summed E-state index contributed by atoms with van der Waals surface area (Å²) in [6.07, 6.45) is 13.6. The number of nitrogen functional groups attached to an aromatic ring is 1. The molecule has 0 spiro atoms. The number of ether oxygens (including phenoxy) is 2. The monoisotopic (exact) mass is 586 g/mol. The number of imide groups is 2. The van der Waals surface area contributed by atoms with E-state index in [4.69, 9.17) is 15.2 Å². The van der Waals surface area contributed by atoms with Gasteiger partial charge in [0.05, 0.1) is 25.6 Å². The summed E-state index contributed by atoms with van der Waals surface area (Å²) >= 11 is 0. The fraction of sp³-hybridized carbons (Fsp3) is 0.219. The average Bonchev–Trinajstić information content (AvgIpc) is 2.99. The number of anilines is 2. The van der Waals surface area contributed by atoms with Crippen molar-refractivity contribution in [1.29, 1.82) is 0 Å². The van der Waals surface area contributed by atoms with Gasteiger partial charge in [-0.2, -0.15) is 0 Å². The zero-order valence-electron chi connectivity index (χ0n) is 24.2. The van der Waals surface area contributed by atoms with Crippen LogP contribution in [0, 0.1) is 0 Å². The molecular formula is C32H34N4O7. The summed E-state index contributed by atoms with van der Waals surface area (Å²) in [4.78, 5) is 60.7. The second-order valence-electron chi connectivity index (χ2n) is 9.35. The zero-order valence-corrected chi connectivity index (χ0v) is 24.2. The summed E-state index contributed by atoms with van der Waals surface area (Å²) in [7, 11) is 3.05. The Kier molecular flexibility index (Phi) is 11.6. The predicted octanol–water partition coefficient (Wildman–Crippen LogP) is 3.59. The van der Waals surface area contributed by atoms with Crippen molar-refractivity contribution in [1.82, 2.24) is 9.80 Å². The van der Waals surface area contributed by atoms with Crippen LogP contribution in [-0.2, 0) is 24.0 Å². The first-order valence-corrected chi connectivity index (χ1v) is 13.4. The highest BCUT2D eigenvalue weighted by atomic mass is 16.5. The Labute approximate surface area is 249 Å². The van der Waals surface area contributed by atoms with E-state index in [9.17, 15) is 24.0 Å². The van der Waals surface area contributed by atoms with Gasteiger partial charge in [-0.1, -0.05) is 24.3 Å². The third kappa shape index (κ3) is 9.28. The first kappa shape index (κ1) is 32.1. The fourth-order valence-corrected chi connectivity index (χ4v) is 4.10. The number of carbonyl (C=O) groups excluding carboxylic acids is 5. The molecule has 0 radical (unpaired) electrons. The highest BCUT2D eigenvalue weighted by Gasteiger charge is 2.20. The van der Waals surface area contributed by atoms with Crippen LogP contribution in [0.25, 0.3) is 12.2 Å². The molecule has 2 aromatic carbocycles. The highest BCUT2D eigenvalue weighted by Crippen LogP contribution is 2.26. The van der Waals surface area contributed by atoms with Crippen molar-refractivity contribution in [2.75, 3.05) is 38.4 Å². The molecule has 0 saturated heterocycles. The number of amides is 5. The molecule has 3 N–H and O–H groups in total. The zero-order chi connectivity index (χ0) is 31.4. The van der Waals surface area contributed by atoms with Crippen molar-refractivity contribution >= 4 is 53.1 Å². The maximum atomic E-state index is 12.1. The summed E-state index contributed by atoms with van der Waals surface area (Å²) in [6, 6.07) is 10.4. The lowest BCUT2D eigenvalue weighted by molar-refractivity contribution is -0.140. The molecular weight excluding hydrogens is 552 g/mol. The number of methoxy groups -OCH3 is 2. The van der Waals surface area contributed by atoms with Gasteiger partial charge < -0.3 is 20.5 Å². The summed E-state index contributed by atoms with van der Waals surface area (Å²) < 4.78 is 10.2. The third-order valence-corrected chi connectivity index (χ3v) is 6.25. The Hall–Kier alpha value is -5.45. The number of carbonyl (C=O) groups is 5. The predicted molar refractivity (Wildman–Crippen MR) is 164 cm³/mol. The molecule has 11 heteroatoms. The van der Waals surface area contributed by atoms with Gasteiger partial charge in [-0.25, -0.2) is 0 Å². The molecule has 43 heavy (non-hydrogen) atoms. The van der Waals surface area contributed by atoms with Crippen molar-refractivity contribution in [2.45, 2.75) is 19.8 Å². The lowest BCUT2D eigenvalue weighted by Crippen LogP contribution is -2.37. The Balaban J connectivity index is 0.000000238. The van der Waals surface area contributed by atoms with Crippen molar-refractivity contribution in [3.63, 3.8) is 0 Å². The maximum Gasteiger partial charge on any atom is 0.253 e. The van der Waals surface area contributed by atoms with Crippen LogP contribution >= 0.6 is 0 Å². The third-order valence-electron chi connectivity index (χ3n) is 6.25. The van der Waals surface area contributed by atoms with Gasteiger partial charge in [0.25, 0.3) is 23.6 Å². The minimum atomic E-state index is -0.365. The van der Waals surface area contributed by atoms with Gasteiger partial charge in [0, 0.05) is 32.2 Å². The van der Waals surface area contributed by atoms with Crippen LogP contribution in [-0.4, -0.2) is 66.6 Å². The maximum absolute atomic E-state index is 12.1. The Morgan fingerprint density at radius 1 is 0.791 bits per heavy atom. The van der Waals surface area contributed by atoms with Gasteiger partial charge in [0.15, 0.2) is 0 Å². The van der Waals surface area contributed by atoms with E-state index in [-0.39, 0.29) is 29.5 Å². The second kappa shape index (κ2) is 15.5. The Bertz CT molecular complexity index is 1510. The lowest BCUT2D eigenvalue weighted by Gasteiger charge is -2.19. The van der Waals surface area contributed by atoms with Gasteiger partial charge in [-0.15, -0.1) is 0 Å². The second-order valence-corrected chi connectivity index (χ2v) is 9.35. The highest BCUT2D eigenvalue weighted by molar-refractivity contribution is 6.07. The van der Waals surface area contributed by atoms with E-state index >= 15 is 0 Å². The molecule has 0 bridgehead atoms. The fourth-order valence-electron chi connectivity index (χ4n) is 4.10. The van der Waals surface area contributed by atoms with Crippen molar-refractivity contribution in [3.05, 3.63) is 84.0 Å². The topological polar surface area (TPSA) is 148 Å². The van der Waals surface area contributed by atoms with E-state index in [1.165, 1.54) is 48.1 Å². The molecule has 0 fully saturated rings. The molecule has 2 aromatic rings. The number of hydrogen-bond acceptors (Lipinski definition) is 8. The average molecular weight is 587 g/mol. The molecule has 0 atom stereocenters. The standard InChI is InChI=1S/C17H18N2O4.C15H16N2O3/c1-12(20)18-14-11-13(6-8-15(14)23-2)7-9-17(22)19-10-4-3-5-16(19)21;1-20-13-7-5-11(10-12(13)16)6-8-15(19)17-9-3-2-4-14(17)18/h3,5-9,11H,4,10H2,1-2H3,(H,18,20);2,4-8,10H,3,9,16H2,1H3/b9-7+;8-6+. The number of benzene rings is 2. The van der Waals surface area contributed by atoms with Gasteiger partial charge in [0.1, 0.15) is 11.5 Å². The van der Waals surface area contributed by atoms with Crippen molar-refractivity contribution < 1.29 is 33.4 Å². The van der Waals surface area contributed by atoms with Crippen LogP contribution in [0.2, 0.25) is 0 Å². The van der Waals surface area contributed by atoms with E-state index in [0.717, 1.165) is 5.56 Å². The van der Waals surface area contributed by atoms with Crippen LogP contribution in [0.4, 0.5) is 11.4 Å². The Morgan fingerprint density at radius 2 is 1.28 bits per heavy atom. The van der Waals surface area contributed by atoms with Gasteiger partial charge in [-0.3, -0.25) is 33.8 Å². The molecule has 0 unspecified atom stereocenters. The molecule has 2 aliphatic heterocycles. The molecule has 0 saturated carbocycles. The molecule has 0 aromatic heterocycles. The first-order chi connectivity index (χ1) is 20.6. The molecule has 2 heterocycles. The minimum Gasteiger partial charge on any atom is -0.495 e. The van der Waals surface area contributed by atoms with Crippen LogP contribution in [0.1, 0.15) is 30.9 Å². The number of nitrogens with zero attached hydrogens (tertiary/aromatic N) is 2. The largest absolute Gasteiger partial charge is 0.495 e. The normalized spacial score (nSPS) is 14.5. The SMILES string of the molecule is COc1ccc(/C=C/C(=O)N2CCC=CC2=O)cc1N.COc1ccc(/C=C/C(=O)N2CCC=CC2=O)cc1NC(C)=O. The molecule has 2 aliphatic rings. The summed E-state index contributed by atoms with van der Waals surface area (Å²) in [5.74, 6) is -0.374. The molecule has 0 aliphatic carbocycles. The first-order valence-electron chi connectivity index (χ1n) is 13.4. The van der Waals surface area contributed by atoms with E-state index in [1.54, 1.807) is 67.8 Å². The molecule has 4 rings (SSSR count). The lowest BCUT2D eigenvalue weighted by atomic mass is 10.1. The summed E-state index contributed by atoms with van der Waals surface area (Å²) in [5, 5.41) is 2.67.